The van der Waals surface area contributed by atoms with Crippen molar-refractivity contribution in [3.05, 3.63) is 70.4 Å². The first-order chi connectivity index (χ1) is 14.3. The Morgan fingerprint density at radius 2 is 2.03 bits per heavy atom. The Morgan fingerprint density at radius 1 is 1.23 bits per heavy atom. The van der Waals surface area contributed by atoms with E-state index in [1.807, 2.05) is 0 Å². The minimum absolute atomic E-state index is 0.0508. The molecule has 2 atom stereocenters. The molecule has 0 aliphatic rings. The lowest BCUT2D eigenvalue weighted by molar-refractivity contribution is -0.384. The second-order valence-corrected chi connectivity index (χ2v) is 6.28. The number of non-ortho nitro benzene ring substituents is 1. The zero-order valence-electron chi connectivity index (χ0n) is 16.0. The number of amides is 1. The van der Waals surface area contributed by atoms with Crippen LogP contribution in [0.5, 0.6) is 0 Å². The summed E-state index contributed by atoms with van der Waals surface area (Å²) in [6.07, 6.45) is 2.32. The number of carbonyl (C=O) groups is 2. The SMILES string of the molecule is CC(OC(=O)[C@H](C)NC(=O)c1cccc([N+](=O)[O-])c1)c1nc(-c2cccnc2)no1. The molecule has 1 N–H and O–H groups in total. The van der Waals surface area contributed by atoms with E-state index in [0.29, 0.717) is 11.4 Å². The third-order valence-corrected chi connectivity index (χ3v) is 4.02. The molecule has 154 valence electrons. The molecule has 0 bridgehead atoms. The number of nitrogens with one attached hydrogen (secondary N) is 1. The van der Waals surface area contributed by atoms with Crippen molar-refractivity contribution in [3.8, 4) is 11.4 Å². The van der Waals surface area contributed by atoms with Gasteiger partial charge in [-0.15, -0.1) is 0 Å². The zero-order valence-corrected chi connectivity index (χ0v) is 16.0. The van der Waals surface area contributed by atoms with E-state index < -0.39 is 28.9 Å². The van der Waals surface area contributed by atoms with E-state index in [9.17, 15) is 19.7 Å². The lowest BCUT2D eigenvalue weighted by Crippen LogP contribution is -2.39. The zero-order chi connectivity index (χ0) is 21.7. The average molecular weight is 411 g/mol. The molecule has 0 spiro atoms. The maximum absolute atomic E-state index is 12.3. The number of benzene rings is 1. The number of ether oxygens (including phenoxy) is 1. The largest absolute Gasteiger partial charge is 0.451 e. The van der Waals surface area contributed by atoms with Gasteiger partial charge in [-0.05, 0) is 32.0 Å². The number of carbonyl (C=O) groups excluding carboxylic acids is 2. The summed E-state index contributed by atoms with van der Waals surface area (Å²) >= 11 is 0. The second kappa shape index (κ2) is 8.90. The Morgan fingerprint density at radius 3 is 2.73 bits per heavy atom. The first-order valence-corrected chi connectivity index (χ1v) is 8.85. The molecule has 3 aromatic rings. The van der Waals surface area contributed by atoms with Crippen molar-refractivity contribution in [3.63, 3.8) is 0 Å². The number of aromatic nitrogens is 3. The Bertz CT molecular complexity index is 1070. The summed E-state index contributed by atoms with van der Waals surface area (Å²) in [7, 11) is 0. The summed E-state index contributed by atoms with van der Waals surface area (Å²) in [4.78, 5) is 42.9. The number of nitro groups is 1. The van der Waals surface area contributed by atoms with Gasteiger partial charge in [-0.2, -0.15) is 4.98 Å². The molecule has 2 aromatic heterocycles. The fourth-order valence-corrected chi connectivity index (χ4v) is 2.44. The molecule has 3 rings (SSSR count). The van der Waals surface area contributed by atoms with Crippen molar-refractivity contribution in [2.45, 2.75) is 26.0 Å². The second-order valence-electron chi connectivity index (χ2n) is 6.28. The van der Waals surface area contributed by atoms with E-state index in [1.54, 1.807) is 31.5 Å². The number of nitrogens with zero attached hydrogens (tertiary/aromatic N) is 4. The molecule has 30 heavy (non-hydrogen) atoms. The lowest BCUT2D eigenvalue weighted by atomic mass is 10.2. The van der Waals surface area contributed by atoms with Crippen LogP contribution in [0.1, 0.15) is 36.2 Å². The summed E-state index contributed by atoms with van der Waals surface area (Å²) in [6, 6.07) is 7.63. The van der Waals surface area contributed by atoms with E-state index in [2.05, 4.69) is 20.4 Å². The monoisotopic (exact) mass is 411 g/mol. The third kappa shape index (κ3) is 4.82. The predicted molar refractivity (Wildman–Crippen MR) is 102 cm³/mol. The molecule has 0 radical (unpaired) electrons. The van der Waals surface area contributed by atoms with Crippen molar-refractivity contribution >= 4 is 17.6 Å². The standard InChI is InChI=1S/C19H17N5O6/c1-11(21-17(25)13-5-3-7-15(9-13)24(27)28)19(26)29-12(2)18-22-16(23-30-18)14-6-4-8-20-10-14/h3-12H,1-2H3,(H,21,25)/t11-,12?/m0/s1. The number of hydrogen-bond acceptors (Lipinski definition) is 9. The van der Waals surface area contributed by atoms with Gasteiger partial charge in [-0.25, -0.2) is 4.79 Å². The van der Waals surface area contributed by atoms with Crippen LogP contribution in [0.15, 0.2) is 53.3 Å². The molecule has 0 aliphatic heterocycles. The highest BCUT2D eigenvalue weighted by Gasteiger charge is 2.24. The van der Waals surface area contributed by atoms with Crippen molar-refractivity contribution in [1.29, 1.82) is 0 Å². The summed E-state index contributed by atoms with van der Waals surface area (Å²) < 4.78 is 10.4. The van der Waals surface area contributed by atoms with Crippen LogP contribution in [-0.4, -0.2) is 38.0 Å². The van der Waals surface area contributed by atoms with Crippen LogP contribution in [0.25, 0.3) is 11.4 Å². The van der Waals surface area contributed by atoms with E-state index in [-0.39, 0.29) is 17.1 Å². The summed E-state index contributed by atoms with van der Waals surface area (Å²) in [5.74, 6) is -0.998. The van der Waals surface area contributed by atoms with Gasteiger partial charge in [-0.1, -0.05) is 11.2 Å². The van der Waals surface area contributed by atoms with Gasteiger partial charge in [0.2, 0.25) is 5.82 Å². The van der Waals surface area contributed by atoms with Gasteiger partial charge < -0.3 is 14.6 Å². The topological polar surface area (TPSA) is 150 Å². The van der Waals surface area contributed by atoms with Crippen LogP contribution in [0.2, 0.25) is 0 Å². The minimum atomic E-state index is -1.01. The number of esters is 1. The van der Waals surface area contributed by atoms with Gasteiger partial charge in [0.25, 0.3) is 17.5 Å². The molecule has 11 nitrogen and oxygen atoms in total. The van der Waals surface area contributed by atoms with Gasteiger partial charge >= 0.3 is 5.97 Å². The third-order valence-electron chi connectivity index (χ3n) is 4.02. The highest BCUT2D eigenvalue weighted by molar-refractivity contribution is 5.97. The molecule has 0 saturated carbocycles. The molecule has 1 aromatic carbocycles. The lowest BCUT2D eigenvalue weighted by Gasteiger charge is -2.15. The van der Waals surface area contributed by atoms with Crippen molar-refractivity contribution in [1.82, 2.24) is 20.4 Å². The summed E-state index contributed by atoms with van der Waals surface area (Å²) in [5, 5.41) is 17.1. The highest BCUT2D eigenvalue weighted by Crippen LogP contribution is 2.20. The number of nitro benzene ring substituents is 1. The summed E-state index contributed by atoms with van der Waals surface area (Å²) in [5.41, 5.74) is 0.464. The summed E-state index contributed by atoms with van der Waals surface area (Å²) in [6.45, 7) is 2.98. The smallest absolute Gasteiger partial charge is 0.329 e. The van der Waals surface area contributed by atoms with Crippen LogP contribution in [0.3, 0.4) is 0 Å². The van der Waals surface area contributed by atoms with Crippen LogP contribution >= 0.6 is 0 Å². The maximum atomic E-state index is 12.3. The average Bonchev–Trinajstić information content (AvgIpc) is 3.25. The van der Waals surface area contributed by atoms with Gasteiger partial charge in [0.15, 0.2) is 6.10 Å². The number of hydrogen-bond donors (Lipinski definition) is 1. The van der Waals surface area contributed by atoms with Gasteiger partial charge in [0, 0.05) is 35.7 Å². The first kappa shape index (κ1) is 20.6. The first-order valence-electron chi connectivity index (χ1n) is 8.85. The number of pyridine rings is 1. The molecule has 0 aliphatic carbocycles. The molecule has 11 heteroatoms. The molecule has 1 amide bonds. The molecular formula is C19H17N5O6. The van der Waals surface area contributed by atoms with Crippen LogP contribution in [-0.2, 0) is 9.53 Å². The van der Waals surface area contributed by atoms with Crippen molar-refractivity contribution in [2.24, 2.45) is 0 Å². The quantitative estimate of drug-likeness (QED) is 0.351. The molecular weight excluding hydrogens is 394 g/mol. The van der Waals surface area contributed by atoms with Crippen LogP contribution in [0.4, 0.5) is 5.69 Å². The van der Waals surface area contributed by atoms with Crippen LogP contribution in [0, 0.1) is 10.1 Å². The Balaban J connectivity index is 1.60. The van der Waals surface area contributed by atoms with Gasteiger partial charge in [-0.3, -0.25) is 19.9 Å². The minimum Gasteiger partial charge on any atom is -0.451 e. The molecule has 1 unspecified atom stereocenters. The molecule has 0 saturated heterocycles. The Kier molecular flexibility index (Phi) is 6.11. The van der Waals surface area contributed by atoms with Crippen molar-refractivity contribution in [2.75, 3.05) is 0 Å². The molecule has 2 heterocycles. The van der Waals surface area contributed by atoms with Gasteiger partial charge in [0.05, 0.1) is 4.92 Å². The maximum Gasteiger partial charge on any atom is 0.329 e. The van der Waals surface area contributed by atoms with E-state index in [4.69, 9.17) is 9.26 Å². The number of rotatable bonds is 7. The van der Waals surface area contributed by atoms with Crippen molar-refractivity contribution < 1.29 is 23.8 Å². The van der Waals surface area contributed by atoms with E-state index in [0.717, 1.165) is 6.07 Å². The fraction of sp³-hybridized carbons (Fsp3) is 0.211. The van der Waals surface area contributed by atoms with Gasteiger partial charge in [0.1, 0.15) is 6.04 Å². The van der Waals surface area contributed by atoms with E-state index >= 15 is 0 Å². The molecule has 0 fully saturated rings. The fourth-order valence-electron chi connectivity index (χ4n) is 2.44. The predicted octanol–water partition coefficient (Wildman–Crippen LogP) is 2.46. The Hall–Kier alpha value is -4.15. The highest BCUT2D eigenvalue weighted by atomic mass is 16.6. The normalized spacial score (nSPS) is 12.6. The van der Waals surface area contributed by atoms with E-state index in [1.165, 1.54) is 25.1 Å². The Labute approximate surface area is 170 Å². The van der Waals surface area contributed by atoms with Crippen LogP contribution < -0.4 is 5.32 Å².